The molecule has 0 aliphatic rings. The average Bonchev–Trinajstić information content (AvgIpc) is 2.50. The summed E-state index contributed by atoms with van der Waals surface area (Å²) in [6, 6.07) is 7.03. The Balaban J connectivity index is 2.67. The van der Waals surface area contributed by atoms with Crippen LogP contribution in [0.15, 0.2) is 30.3 Å². The fourth-order valence-corrected chi connectivity index (χ4v) is 2.39. The minimum absolute atomic E-state index is 0.0533. The summed E-state index contributed by atoms with van der Waals surface area (Å²) >= 11 is 0. The van der Waals surface area contributed by atoms with Crippen LogP contribution in [0.4, 0.5) is 13.2 Å². The Labute approximate surface area is 136 Å². The molecule has 0 radical (unpaired) electrons. The van der Waals surface area contributed by atoms with Gasteiger partial charge in [-0.1, -0.05) is 18.1 Å². The van der Waals surface area contributed by atoms with E-state index in [4.69, 9.17) is 15.9 Å². The molecule has 0 bridgehead atoms. The van der Waals surface area contributed by atoms with E-state index in [0.29, 0.717) is 5.39 Å². The van der Waals surface area contributed by atoms with Gasteiger partial charge in [-0.2, -0.15) is 21.6 Å². The van der Waals surface area contributed by atoms with Gasteiger partial charge < -0.3 is 13.7 Å². The van der Waals surface area contributed by atoms with Crippen LogP contribution in [0.2, 0.25) is 0 Å². The topological polar surface area (TPSA) is 61.8 Å². The van der Waals surface area contributed by atoms with E-state index < -0.39 is 21.4 Å². The van der Waals surface area contributed by atoms with Crippen molar-refractivity contribution in [2.75, 3.05) is 13.9 Å². The van der Waals surface area contributed by atoms with Gasteiger partial charge in [0.05, 0.1) is 0 Å². The molecule has 0 spiro atoms. The van der Waals surface area contributed by atoms with E-state index in [-0.39, 0.29) is 23.5 Å². The third-order valence-electron chi connectivity index (χ3n) is 2.90. The van der Waals surface area contributed by atoms with Gasteiger partial charge in [-0.3, -0.25) is 0 Å². The summed E-state index contributed by atoms with van der Waals surface area (Å²) in [7, 11) is -4.51. The van der Waals surface area contributed by atoms with Crippen molar-refractivity contribution in [2.45, 2.75) is 5.51 Å². The molecule has 2 aromatic rings. The monoisotopic (exact) mass is 360 g/mol. The maximum atomic E-state index is 12.6. The standard InChI is InChI=1S/C15H11F3O5S/c1-3-10-5-4-6-11-7-12(22-9-21-2)8-13(14(10)11)23-24(19,20)15(16,17)18/h1,4-8H,9H2,2H3. The number of methoxy groups -OCH3 is 1. The molecule has 0 fully saturated rings. The van der Waals surface area contributed by atoms with Gasteiger partial charge in [0.2, 0.25) is 0 Å². The molecule has 24 heavy (non-hydrogen) atoms. The largest absolute Gasteiger partial charge is 0.534 e. The first-order valence-corrected chi connectivity index (χ1v) is 7.76. The van der Waals surface area contributed by atoms with Crippen molar-refractivity contribution < 1.29 is 35.2 Å². The van der Waals surface area contributed by atoms with Gasteiger partial charge in [0.1, 0.15) is 5.75 Å². The third kappa shape index (κ3) is 3.55. The minimum Gasteiger partial charge on any atom is -0.467 e. The van der Waals surface area contributed by atoms with Gasteiger partial charge in [-0.25, -0.2) is 0 Å². The lowest BCUT2D eigenvalue weighted by molar-refractivity contribution is -0.0499. The fourth-order valence-electron chi connectivity index (χ4n) is 1.92. The lowest BCUT2D eigenvalue weighted by Crippen LogP contribution is -2.28. The summed E-state index contributed by atoms with van der Waals surface area (Å²) in [5.41, 5.74) is -5.40. The van der Waals surface area contributed by atoms with Crippen molar-refractivity contribution in [2.24, 2.45) is 0 Å². The molecule has 0 aliphatic carbocycles. The molecule has 0 heterocycles. The molecule has 0 unspecified atom stereocenters. The van der Waals surface area contributed by atoms with E-state index >= 15 is 0 Å². The van der Waals surface area contributed by atoms with Crippen molar-refractivity contribution in [1.29, 1.82) is 0 Å². The highest BCUT2D eigenvalue weighted by Gasteiger charge is 2.48. The normalized spacial score (nSPS) is 12.0. The van der Waals surface area contributed by atoms with E-state index in [9.17, 15) is 21.6 Å². The molecule has 0 aliphatic heterocycles. The van der Waals surface area contributed by atoms with Crippen LogP contribution in [-0.2, 0) is 14.9 Å². The van der Waals surface area contributed by atoms with Crippen molar-refractivity contribution in [3.63, 3.8) is 0 Å². The number of benzene rings is 2. The van der Waals surface area contributed by atoms with Gasteiger partial charge in [-0.15, -0.1) is 6.42 Å². The second-order valence-corrected chi connectivity index (χ2v) is 6.04. The Bertz CT molecular complexity index is 898. The number of hydrogen-bond acceptors (Lipinski definition) is 5. The van der Waals surface area contributed by atoms with Crippen LogP contribution in [0.5, 0.6) is 11.5 Å². The van der Waals surface area contributed by atoms with Gasteiger partial charge in [0.25, 0.3) is 0 Å². The molecule has 2 aromatic carbocycles. The summed E-state index contributed by atoms with van der Waals surface area (Å²) in [5, 5.41) is 0.406. The van der Waals surface area contributed by atoms with Crippen LogP contribution in [-0.4, -0.2) is 27.8 Å². The Hall–Kier alpha value is -2.44. The predicted molar refractivity (Wildman–Crippen MR) is 80.0 cm³/mol. The molecule has 0 saturated heterocycles. The highest BCUT2D eigenvalue weighted by molar-refractivity contribution is 7.88. The average molecular weight is 360 g/mol. The van der Waals surface area contributed by atoms with Gasteiger partial charge in [0.15, 0.2) is 12.5 Å². The number of rotatable bonds is 5. The van der Waals surface area contributed by atoms with Gasteiger partial charge >= 0.3 is 15.6 Å². The number of alkyl halides is 3. The molecule has 5 nitrogen and oxygen atoms in total. The van der Waals surface area contributed by atoms with Crippen LogP contribution in [0.3, 0.4) is 0 Å². The van der Waals surface area contributed by atoms with E-state index in [1.165, 1.54) is 25.3 Å². The quantitative estimate of drug-likeness (QED) is 0.355. The summed E-state index contributed by atoms with van der Waals surface area (Å²) in [5.74, 6) is 1.76. The van der Waals surface area contributed by atoms with Crippen LogP contribution < -0.4 is 8.92 Å². The Morgan fingerprint density at radius 3 is 2.54 bits per heavy atom. The Morgan fingerprint density at radius 1 is 1.25 bits per heavy atom. The second kappa shape index (κ2) is 6.59. The SMILES string of the molecule is C#Cc1cccc2cc(OCOC)cc(OS(=O)(=O)C(F)(F)F)c12. The molecule has 0 aromatic heterocycles. The zero-order valence-electron chi connectivity index (χ0n) is 12.3. The summed E-state index contributed by atoms with van der Waals surface area (Å²) in [6.45, 7) is -0.189. The van der Waals surface area contributed by atoms with Crippen molar-refractivity contribution >= 4 is 20.9 Å². The molecular formula is C15H11F3O5S. The first-order chi connectivity index (χ1) is 11.2. The van der Waals surface area contributed by atoms with Crippen LogP contribution in [0, 0.1) is 12.3 Å². The molecule has 0 saturated carbocycles. The number of halogens is 3. The van der Waals surface area contributed by atoms with Crippen molar-refractivity contribution in [3.8, 4) is 23.8 Å². The molecule has 128 valence electrons. The van der Waals surface area contributed by atoms with Gasteiger partial charge in [0, 0.05) is 24.1 Å². The van der Waals surface area contributed by atoms with Gasteiger partial charge in [-0.05, 0) is 17.5 Å². The number of terminal acetylenes is 1. The molecule has 0 N–H and O–H groups in total. The van der Waals surface area contributed by atoms with E-state index in [0.717, 1.165) is 6.07 Å². The van der Waals surface area contributed by atoms with Crippen LogP contribution in [0.1, 0.15) is 5.56 Å². The predicted octanol–water partition coefficient (Wildman–Crippen LogP) is 3.03. The van der Waals surface area contributed by atoms with Crippen LogP contribution >= 0.6 is 0 Å². The molecule has 0 amide bonds. The van der Waals surface area contributed by atoms with E-state index in [1.807, 2.05) is 0 Å². The summed E-state index contributed by atoms with van der Waals surface area (Å²) in [4.78, 5) is 0. The second-order valence-electron chi connectivity index (χ2n) is 4.50. The Kier molecular flexibility index (Phi) is 4.91. The zero-order chi connectivity index (χ0) is 18.0. The molecular weight excluding hydrogens is 349 g/mol. The third-order valence-corrected chi connectivity index (χ3v) is 3.86. The number of ether oxygens (including phenoxy) is 2. The summed E-state index contributed by atoms with van der Waals surface area (Å²) < 4.78 is 74.6. The maximum absolute atomic E-state index is 12.6. The molecule has 2 rings (SSSR count). The number of fused-ring (bicyclic) bond motifs is 1. The highest BCUT2D eigenvalue weighted by atomic mass is 32.2. The Morgan fingerprint density at radius 2 is 1.96 bits per heavy atom. The minimum atomic E-state index is -5.86. The van der Waals surface area contributed by atoms with Crippen molar-refractivity contribution in [1.82, 2.24) is 0 Å². The lowest BCUT2D eigenvalue weighted by atomic mass is 10.0. The van der Waals surface area contributed by atoms with E-state index in [2.05, 4.69) is 10.1 Å². The number of hydrogen-bond donors (Lipinski definition) is 0. The van der Waals surface area contributed by atoms with Crippen molar-refractivity contribution in [3.05, 3.63) is 35.9 Å². The first kappa shape index (κ1) is 17.9. The maximum Gasteiger partial charge on any atom is 0.534 e. The smallest absolute Gasteiger partial charge is 0.467 e. The molecule has 9 heteroatoms. The fraction of sp³-hybridized carbons (Fsp3) is 0.200. The highest BCUT2D eigenvalue weighted by Crippen LogP contribution is 2.36. The van der Waals surface area contributed by atoms with E-state index in [1.54, 1.807) is 6.07 Å². The zero-order valence-corrected chi connectivity index (χ0v) is 13.1. The first-order valence-electron chi connectivity index (χ1n) is 6.35. The summed E-state index contributed by atoms with van der Waals surface area (Å²) in [6.07, 6.45) is 5.32. The molecule has 0 atom stereocenters. The lowest BCUT2D eigenvalue weighted by Gasteiger charge is -2.14. The van der Waals surface area contributed by atoms with Crippen LogP contribution in [0.25, 0.3) is 10.8 Å².